The SMILES string of the molecule is N#CSc1conc1-c1ccccc1Cl. The van der Waals surface area contributed by atoms with Crippen LogP contribution in [0.25, 0.3) is 11.3 Å². The molecule has 3 nitrogen and oxygen atoms in total. The largest absolute Gasteiger partial charge is 0.363 e. The van der Waals surface area contributed by atoms with Gasteiger partial charge in [-0.1, -0.05) is 35.0 Å². The molecule has 5 heteroatoms. The third-order valence-corrected chi connectivity index (χ3v) is 2.75. The highest BCUT2D eigenvalue weighted by molar-refractivity contribution is 8.03. The van der Waals surface area contributed by atoms with E-state index in [1.54, 1.807) is 6.07 Å². The number of halogens is 1. The van der Waals surface area contributed by atoms with Crippen LogP contribution in [-0.2, 0) is 0 Å². The highest BCUT2D eigenvalue weighted by Crippen LogP contribution is 2.33. The fraction of sp³-hybridized carbons (Fsp3) is 0. The second-order valence-corrected chi connectivity index (χ2v) is 3.93. The minimum atomic E-state index is 0.589. The molecule has 74 valence electrons. The molecule has 0 amide bonds. The molecular weight excluding hydrogens is 232 g/mol. The van der Waals surface area contributed by atoms with Gasteiger partial charge in [-0.05, 0) is 17.8 Å². The van der Waals surface area contributed by atoms with Crippen LogP contribution >= 0.6 is 23.4 Å². The first-order chi connectivity index (χ1) is 7.33. The summed E-state index contributed by atoms with van der Waals surface area (Å²) in [5, 5.41) is 15.0. The highest BCUT2D eigenvalue weighted by Gasteiger charge is 2.13. The van der Waals surface area contributed by atoms with Gasteiger partial charge in [0.05, 0.1) is 9.92 Å². The first kappa shape index (κ1) is 10.1. The van der Waals surface area contributed by atoms with E-state index in [-0.39, 0.29) is 0 Å². The van der Waals surface area contributed by atoms with Gasteiger partial charge in [0, 0.05) is 5.56 Å². The van der Waals surface area contributed by atoms with Gasteiger partial charge in [0.15, 0.2) is 0 Å². The third kappa shape index (κ3) is 1.99. The Hall–Kier alpha value is -1.44. The zero-order chi connectivity index (χ0) is 10.7. The lowest BCUT2D eigenvalue weighted by atomic mass is 10.1. The summed E-state index contributed by atoms with van der Waals surface area (Å²) in [4.78, 5) is 0.672. The summed E-state index contributed by atoms with van der Waals surface area (Å²) < 4.78 is 4.83. The number of thiocyanates is 1. The Morgan fingerprint density at radius 3 is 2.93 bits per heavy atom. The Balaban J connectivity index is 2.51. The molecule has 0 bridgehead atoms. The van der Waals surface area contributed by atoms with Crippen LogP contribution in [0.4, 0.5) is 0 Å². The number of nitriles is 1. The third-order valence-electron chi connectivity index (χ3n) is 1.82. The summed E-state index contributed by atoms with van der Waals surface area (Å²) in [5.74, 6) is 0. The van der Waals surface area contributed by atoms with Crippen LogP contribution in [0.2, 0.25) is 5.02 Å². The van der Waals surface area contributed by atoms with Crippen LogP contribution in [0.15, 0.2) is 39.9 Å². The lowest BCUT2D eigenvalue weighted by Gasteiger charge is -1.99. The van der Waals surface area contributed by atoms with Gasteiger partial charge in [0.2, 0.25) is 0 Å². The minimum absolute atomic E-state index is 0.589. The highest BCUT2D eigenvalue weighted by atomic mass is 35.5. The van der Waals surface area contributed by atoms with Crippen molar-refractivity contribution in [2.45, 2.75) is 4.90 Å². The zero-order valence-corrected chi connectivity index (χ0v) is 9.05. The molecule has 1 heterocycles. The van der Waals surface area contributed by atoms with Crippen LogP contribution in [0.5, 0.6) is 0 Å². The number of hydrogen-bond acceptors (Lipinski definition) is 4. The quantitative estimate of drug-likeness (QED) is 0.591. The lowest BCUT2D eigenvalue weighted by molar-refractivity contribution is 0.420. The van der Waals surface area contributed by atoms with Gasteiger partial charge in [0.1, 0.15) is 17.4 Å². The van der Waals surface area contributed by atoms with Crippen molar-refractivity contribution in [3.8, 4) is 16.7 Å². The van der Waals surface area contributed by atoms with Crippen molar-refractivity contribution in [2.24, 2.45) is 0 Å². The van der Waals surface area contributed by atoms with E-state index in [0.29, 0.717) is 15.6 Å². The Kier molecular flexibility index (Phi) is 2.95. The summed E-state index contributed by atoms with van der Waals surface area (Å²) in [6, 6.07) is 7.30. The number of rotatable bonds is 2. The lowest BCUT2D eigenvalue weighted by Crippen LogP contribution is -1.80. The van der Waals surface area contributed by atoms with Crippen molar-refractivity contribution in [1.29, 1.82) is 5.26 Å². The smallest absolute Gasteiger partial charge is 0.139 e. The first-order valence-electron chi connectivity index (χ1n) is 4.08. The average Bonchev–Trinajstić information content (AvgIpc) is 2.67. The van der Waals surface area contributed by atoms with Gasteiger partial charge in [-0.3, -0.25) is 0 Å². The van der Waals surface area contributed by atoms with Crippen molar-refractivity contribution < 1.29 is 4.52 Å². The Labute approximate surface area is 95.6 Å². The van der Waals surface area contributed by atoms with E-state index in [2.05, 4.69) is 5.16 Å². The van der Waals surface area contributed by atoms with Crippen LogP contribution in [0.1, 0.15) is 0 Å². The van der Waals surface area contributed by atoms with Crippen molar-refractivity contribution in [3.05, 3.63) is 35.6 Å². The number of thioether (sulfide) groups is 1. The van der Waals surface area contributed by atoms with Crippen molar-refractivity contribution in [1.82, 2.24) is 5.16 Å². The second kappa shape index (κ2) is 4.39. The maximum absolute atomic E-state index is 8.59. The van der Waals surface area contributed by atoms with Gasteiger partial charge in [0.25, 0.3) is 0 Å². The van der Waals surface area contributed by atoms with Crippen LogP contribution in [0.3, 0.4) is 0 Å². The van der Waals surface area contributed by atoms with Gasteiger partial charge in [-0.25, -0.2) is 0 Å². The molecule has 0 radical (unpaired) electrons. The Morgan fingerprint density at radius 2 is 2.20 bits per heavy atom. The number of benzene rings is 1. The van der Waals surface area contributed by atoms with Gasteiger partial charge in [-0.2, -0.15) is 5.26 Å². The van der Waals surface area contributed by atoms with E-state index >= 15 is 0 Å². The molecule has 0 aliphatic rings. The average molecular weight is 237 g/mol. The molecular formula is C10H5ClN2OS. The van der Waals surface area contributed by atoms with E-state index in [0.717, 1.165) is 17.3 Å². The predicted octanol–water partition coefficient (Wildman–Crippen LogP) is 3.57. The van der Waals surface area contributed by atoms with Crippen molar-refractivity contribution in [3.63, 3.8) is 0 Å². The van der Waals surface area contributed by atoms with Gasteiger partial charge in [-0.15, -0.1) is 0 Å². The predicted molar refractivity (Wildman–Crippen MR) is 58.4 cm³/mol. The molecule has 0 aliphatic carbocycles. The summed E-state index contributed by atoms with van der Waals surface area (Å²) in [5.41, 5.74) is 1.37. The molecule has 0 N–H and O–H groups in total. The maximum atomic E-state index is 8.59. The minimum Gasteiger partial charge on any atom is -0.363 e. The maximum Gasteiger partial charge on any atom is 0.139 e. The fourth-order valence-electron chi connectivity index (χ4n) is 1.18. The van der Waals surface area contributed by atoms with E-state index in [1.807, 2.05) is 23.6 Å². The molecule has 0 saturated heterocycles. The summed E-state index contributed by atoms with van der Waals surface area (Å²) >= 11 is 7.02. The standard InChI is InChI=1S/C10H5ClN2OS/c11-8-4-2-1-3-7(8)10-9(15-6-12)5-14-13-10/h1-5H. The topological polar surface area (TPSA) is 49.8 Å². The molecule has 15 heavy (non-hydrogen) atoms. The molecule has 0 aliphatic heterocycles. The summed E-state index contributed by atoms with van der Waals surface area (Å²) in [6.07, 6.45) is 1.44. The van der Waals surface area contributed by atoms with Crippen LogP contribution < -0.4 is 0 Å². The molecule has 2 rings (SSSR count). The molecule has 0 spiro atoms. The molecule has 0 unspecified atom stereocenters. The Morgan fingerprint density at radius 1 is 1.40 bits per heavy atom. The molecule has 1 aromatic carbocycles. The molecule has 1 aromatic heterocycles. The summed E-state index contributed by atoms with van der Waals surface area (Å²) in [6.45, 7) is 0. The van der Waals surface area contributed by atoms with Crippen molar-refractivity contribution in [2.75, 3.05) is 0 Å². The van der Waals surface area contributed by atoms with Gasteiger partial charge < -0.3 is 4.52 Å². The van der Waals surface area contributed by atoms with Crippen LogP contribution in [0, 0.1) is 10.7 Å². The second-order valence-electron chi connectivity index (χ2n) is 2.70. The van der Waals surface area contributed by atoms with E-state index in [9.17, 15) is 0 Å². The number of aromatic nitrogens is 1. The summed E-state index contributed by atoms with van der Waals surface area (Å²) in [7, 11) is 0. The number of nitrogens with zero attached hydrogens (tertiary/aromatic N) is 2. The molecule has 2 aromatic rings. The van der Waals surface area contributed by atoms with E-state index in [4.69, 9.17) is 21.4 Å². The molecule has 0 atom stereocenters. The van der Waals surface area contributed by atoms with E-state index < -0.39 is 0 Å². The normalized spacial score (nSPS) is 9.87. The van der Waals surface area contributed by atoms with Gasteiger partial charge >= 0.3 is 0 Å². The van der Waals surface area contributed by atoms with Crippen molar-refractivity contribution >= 4 is 23.4 Å². The molecule has 0 fully saturated rings. The zero-order valence-electron chi connectivity index (χ0n) is 7.48. The fourth-order valence-corrected chi connectivity index (χ4v) is 1.84. The van der Waals surface area contributed by atoms with Crippen LogP contribution in [-0.4, -0.2) is 5.16 Å². The van der Waals surface area contributed by atoms with E-state index in [1.165, 1.54) is 6.26 Å². The monoisotopic (exact) mass is 236 g/mol. The Bertz CT molecular complexity index is 518. The first-order valence-corrected chi connectivity index (χ1v) is 5.27. The number of hydrogen-bond donors (Lipinski definition) is 0. The molecule has 0 saturated carbocycles.